The van der Waals surface area contributed by atoms with E-state index in [4.69, 9.17) is 18.9 Å². The predicted molar refractivity (Wildman–Crippen MR) is 115 cm³/mol. The number of benzene rings is 2. The van der Waals surface area contributed by atoms with E-state index in [0.717, 1.165) is 0 Å². The fraction of sp³-hybridized carbons (Fsp3) is 0.320. The van der Waals surface area contributed by atoms with Crippen molar-refractivity contribution in [2.24, 2.45) is 0 Å². The Balaban J connectivity index is 1.72. The Labute approximate surface area is 194 Å². The quantitative estimate of drug-likeness (QED) is 0.420. The third-order valence-corrected chi connectivity index (χ3v) is 5.42. The minimum atomic E-state index is -1.37. The van der Waals surface area contributed by atoms with Crippen LogP contribution in [-0.2, 0) is 28.5 Å². The zero-order valence-corrected chi connectivity index (χ0v) is 18.6. The van der Waals surface area contributed by atoms with Gasteiger partial charge in [-0.1, -0.05) is 44.2 Å². The van der Waals surface area contributed by atoms with E-state index in [9.17, 15) is 24.0 Å². The Morgan fingerprint density at radius 1 is 0.794 bits per heavy atom. The summed E-state index contributed by atoms with van der Waals surface area (Å²) in [5.41, 5.74) is 0.502. The Morgan fingerprint density at radius 2 is 1.38 bits per heavy atom. The van der Waals surface area contributed by atoms with Gasteiger partial charge in [-0.3, -0.25) is 14.4 Å². The average molecular weight is 466 g/mol. The van der Waals surface area contributed by atoms with E-state index in [1.807, 2.05) is 6.92 Å². The van der Waals surface area contributed by atoms with Gasteiger partial charge in [-0.25, -0.2) is 9.59 Å². The van der Waals surface area contributed by atoms with Gasteiger partial charge in [0.25, 0.3) is 12.6 Å². The SMILES string of the molecule is CCCC(=O)OC1OC(=O)c2c(C(=O)c3cccc4c3C(OC(=O)CCC)OC4=O)cccc21. The van der Waals surface area contributed by atoms with Gasteiger partial charge in [-0.2, -0.15) is 0 Å². The first kappa shape index (κ1) is 23.2. The third kappa shape index (κ3) is 4.16. The van der Waals surface area contributed by atoms with Crippen LogP contribution in [-0.4, -0.2) is 29.7 Å². The summed E-state index contributed by atoms with van der Waals surface area (Å²) >= 11 is 0. The molecule has 2 aromatic carbocycles. The lowest BCUT2D eigenvalue weighted by molar-refractivity contribution is -0.169. The summed E-state index contributed by atoms with van der Waals surface area (Å²) in [4.78, 5) is 62.5. The van der Waals surface area contributed by atoms with Crippen LogP contribution in [0.4, 0.5) is 0 Å². The molecule has 2 atom stereocenters. The second-order valence-electron chi connectivity index (χ2n) is 7.82. The van der Waals surface area contributed by atoms with Gasteiger partial charge in [0.15, 0.2) is 5.78 Å². The molecule has 4 rings (SSSR count). The zero-order valence-electron chi connectivity index (χ0n) is 18.6. The number of rotatable bonds is 8. The molecule has 0 amide bonds. The Morgan fingerprint density at radius 3 is 2.06 bits per heavy atom. The molecule has 2 unspecified atom stereocenters. The minimum absolute atomic E-state index is 0.00271. The van der Waals surface area contributed by atoms with Crippen LogP contribution in [0.25, 0.3) is 0 Å². The first-order chi connectivity index (χ1) is 16.3. The molecule has 9 nitrogen and oxygen atoms in total. The Kier molecular flexibility index (Phi) is 6.45. The number of fused-ring (bicyclic) bond motifs is 2. The van der Waals surface area contributed by atoms with E-state index in [-0.39, 0.29) is 46.2 Å². The van der Waals surface area contributed by atoms with Gasteiger partial charge in [0.1, 0.15) is 0 Å². The van der Waals surface area contributed by atoms with Crippen molar-refractivity contribution in [3.63, 3.8) is 0 Å². The summed E-state index contributed by atoms with van der Waals surface area (Å²) in [5, 5.41) is 0. The molecule has 2 aliphatic heterocycles. The van der Waals surface area contributed by atoms with Crippen molar-refractivity contribution in [1.29, 1.82) is 0 Å². The fourth-order valence-corrected chi connectivity index (χ4v) is 3.90. The van der Waals surface area contributed by atoms with Crippen molar-refractivity contribution in [1.82, 2.24) is 0 Å². The van der Waals surface area contributed by atoms with Crippen molar-refractivity contribution in [3.8, 4) is 0 Å². The number of esters is 4. The monoisotopic (exact) mass is 466 g/mol. The maximum atomic E-state index is 13.6. The van der Waals surface area contributed by atoms with Crippen molar-refractivity contribution >= 4 is 29.7 Å². The molecule has 176 valence electrons. The van der Waals surface area contributed by atoms with Gasteiger partial charge in [0, 0.05) is 29.5 Å². The number of cyclic esters (lactones) is 2. The van der Waals surface area contributed by atoms with Crippen molar-refractivity contribution in [2.45, 2.75) is 52.1 Å². The standard InChI is InChI=1S/C25H22O9/c1-3-7-17(26)31-24-16-12-6-9-13(19(16)23(30)34-24)21(28)14-10-5-11-15-20(14)25(33-22(15)29)32-18(27)8-4-2/h5-6,9-12,24-25H,3-4,7-8H2,1-2H3. The molecule has 0 fully saturated rings. The number of hydrogen-bond acceptors (Lipinski definition) is 9. The van der Waals surface area contributed by atoms with Crippen LogP contribution in [0, 0.1) is 0 Å². The Hall–Kier alpha value is -4.01. The fourth-order valence-electron chi connectivity index (χ4n) is 3.90. The molecule has 0 bridgehead atoms. The summed E-state index contributed by atoms with van der Waals surface area (Å²) in [6.45, 7) is 3.61. The molecule has 0 saturated carbocycles. The summed E-state index contributed by atoms with van der Waals surface area (Å²) < 4.78 is 20.9. The second-order valence-corrected chi connectivity index (χ2v) is 7.82. The molecular formula is C25H22O9. The Bertz CT molecular complexity index is 1200. The summed E-state index contributed by atoms with van der Waals surface area (Å²) in [5.74, 6) is -3.23. The van der Waals surface area contributed by atoms with Crippen LogP contribution in [0.5, 0.6) is 0 Å². The maximum Gasteiger partial charge on any atom is 0.342 e. The molecular weight excluding hydrogens is 444 g/mol. The molecule has 0 spiro atoms. The van der Waals surface area contributed by atoms with Crippen LogP contribution >= 0.6 is 0 Å². The largest absolute Gasteiger partial charge is 0.421 e. The molecule has 9 heteroatoms. The van der Waals surface area contributed by atoms with E-state index in [1.54, 1.807) is 6.92 Å². The molecule has 0 aliphatic carbocycles. The van der Waals surface area contributed by atoms with E-state index in [1.165, 1.54) is 36.4 Å². The van der Waals surface area contributed by atoms with Gasteiger partial charge in [0.05, 0.1) is 16.7 Å². The molecule has 2 aliphatic rings. The second kappa shape index (κ2) is 9.46. The number of ketones is 1. The van der Waals surface area contributed by atoms with E-state index >= 15 is 0 Å². The average Bonchev–Trinajstić information content (AvgIpc) is 3.30. The van der Waals surface area contributed by atoms with Crippen molar-refractivity contribution < 1.29 is 42.9 Å². The highest BCUT2D eigenvalue weighted by Gasteiger charge is 2.41. The molecule has 0 radical (unpaired) electrons. The molecule has 0 saturated heterocycles. The summed E-state index contributed by atoms with van der Waals surface area (Å²) in [6.07, 6.45) is -1.24. The molecule has 2 heterocycles. The smallest absolute Gasteiger partial charge is 0.342 e. The van der Waals surface area contributed by atoms with E-state index in [2.05, 4.69) is 0 Å². The van der Waals surface area contributed by atoms with Gasteiger partial charge in [0.2, 0.25) is 0 Å². The highest BCUT2D eigenvalue weighted by Crippen LogP contribution is 2.38. The van der Waals surface area contributed by atoms with Crippen LogP contribution < -0.4 is 0 Å². The number of hydrogen-bond donors (Lipinski definition) is 0. The highest BCUT2D eigenvalue weighted by atomic mass is 16.7. The normalized spacial score (nSPS) is 17.9. The third-order valence-electron chi connectivity index (χ3n) is 5.42. The van der Waals surface area contributed by atoms with E-state index in [0.29, 0.717) is 12.8 Å². The zero-order chi connectivity index (χ0) is 24.4. The van der Waals surface area contributed by atoms with E-state index < -0.39 is 42.2 Å². The lowest BCUT2D eigenvalue weighted by atomic mass is 9.91. The predicted octanol–water partition coefficient (Wildman–Crippen LogP) is 3.94. The van der Waals surface area contributed by atoms with Crippen LogP contribution in [0.3, 0.4) is 0 Å². The number of ether oxygens (including phenoxy) is 4. The number of carbonyl (C=O) groups excluding carboxylic acids is 5. The first-order valence-corrected chi connectivity index (χ1v) is 11.0. The van der Waals surface area contributed by atoms with Crippen molar-refractivity contribution in [2.75, 3.05) is 0 Å². The summed E-state index contributed by atoms with van der Waals surface area (Å²) in [7, 11) is 0. The lowest BCUT2D eigenvalue weighted by Crippen LogP contribution is -2.15. The van der Waals surface area contributed by atoms with Crippen LogP contribution in [0.1, 0.15) is 99.9 Å². The van der Waals surface area contributed by atoms with Gasteiger partial charge in [-0.15, -0.1) is 0 Å². The van der Waals surface area contributed by atoms with Gasteiger partial charge < -0.3 is 18.9 Å². The first-order valence-electron chi connectivity index (χ1n) is 11.0. The topological polar surface area (TPSA) is 122 Å². The molecule has 2 aromatic rings. The molecule has 0 aromatic heterocycles. The van der Waals surface area contributed by atoms with Crippen molar-refractivity contribution in [3.05, 3.63) is 69.8 Å². The molecule has 0 N–H and O–H groups in total. The highest BCUT2D eigenvalue weighted by molar-refractivity contribution is 6.17. The number of carbonyl (C=O) groups is 5. The minimum Gasteiger partial charge on any atom is -0.421 e. The lowest BCUT2D eigenvalue weighted by Gasteiger charge is -2.15. The maximum absolute atomic E-state index is 13.6. The van der Waals surface area contributed by atoms with Gasteiger partial charge >= 0.3 is 23.9 Å². The molecule has 34 heavy (non-hydrogen) atoms. The summed E-state index contributed by atoms with van der Waals surface area (Å²) in [6, 6.07) is 8.95. The van der Waals surface area contributed by atoms with Crippen LogP contribution in [0.2, 0.25) is 0 Å². The van der Waals surface area contributed by atoms with Gasteiger partial charge in [-0.05, 0) is 18.9 Å². The van der Waals surface area contributed by atoms with Crippen LogP contribution in [0.15, 0.2) is 36.4 Å².